The van der Waals surface area contributed by atoms with Gasteiger partial charge in [-0.3, -0.25) is 0 Å². The SMILES string of the molecule is C[N+](C)(C)C(Cc1ccccc1)C(=O)OCCCCCCCCOc1ccc(OCc2cccc(Cl)c2)cc1. The number of halogens is 1. The van der Waals surface area contributed by atoms with E-state index < -0.39 is 0 Å². The Hall–Kier alpha value is -3.02. The third-order valence-electron chi connectivity index (χ3n) is 6.65. The van der Waals surface area contributed by atoms with E-state index in [0.717, 1.165) is 61.2 Å². The van der Waals surface area contributed by atoms with Gasteiger partial charge in [-0.15, -0.1) is 0 Å². The summed E-state index contributed by atoms with van der Waals surface area (Å²) >= 11 is 6.02. The number of hydrogen-bond donors (Lipinski definition) is 0. The fourth-order valence-corrected chi connectivity index (χ4v) is 4.52. The first-order valence-electron chi connectivity index (χ1n) is 13.9. The Morgan fingerprint density at radius 3 is 1.95 bits per heavy atom. The lowest BCUT2D eigenvalue weighted by atomic mass is 10.0. The van der Waals surface area contributed by atoms with E-state index in [1.54, 1.807) is 0 Å². The molecule has 5 nitrogen and oxygen atoms in total. The predicted molar refractivity (Wildman–Crippen MR) is 158 cm³/mol. The summed E-state index contributed by atoms with van der Waals surface area (Å²) in [7, 11) is 6.14. The van der Waals surface area contributed by atoms with Gasteiger partial charge in [0.15, 0.2) is 6.04 Å². The van der Waals surface area contributed by atoms with Gasteiger partial charge in [-0.1, -0.05) is 79.7 Å². The number of hydrogen-bond acceptors (Lipinski definition) is 4. The predicted octanol–water partition coefficient (Wildman–Crippen LogP) is 7.50. The van der Waals surface area contributed by atoms with Gasteiger partial charge in [0.05, 0.1) is 34.4 Å². The zero-order valence-corrected chi connectivity index (χ0v) is 24.4. The number of rotatable bonds is 17. The molecule has 1 atom stereocenters. The van der Waals surface area contributed by atoms with E-state index in [9.17, 15) is 4.79 Å². The number of benzene rings is 3. The van der Waals surface area contributed by atoms with E-state index in [0.29, 0.717) is 35.7 Å². The van der Waals surface area contributed by atoms with Crippen molar-refractivity contribution in [3.63, 3.8) is 0 Å². The number of carbonyl (C=O) groups is 1. The van der Waals surface area contributed by atoms with Crippen molar-refractivity contribution in [1.29, 1.82) is 0 Å². The molecule has 0 radical (unpaired) electrons. The highest BCUT2D eigenvalue weighted by atomic mass is 35.5. The molecule has 1 unspecified atom stereocenters. The van der Waals surface area contributed by atoms with Crippen LogP contribution in [0.25, 0.3) is 0 Å². The van der Waals surface area contributed by atoms with Gasteiger partial charge >= 0.3 is 5.97 Å². The lowest BCUT2D eigenvalue weighted by Gasteiger charge is -2.32. The maximum absolute atomic E-state index is 12.8. The molecule has 0 amide bonds. The first kappa shape index (κ1) is 30.5. The molecular formula is C33H43ClNO4+. The van der Waals surface area contributed by atoms with Crippen LogP contribution in [0, 0.1) is 0 Å². The Morgan fingerprint density at radius 2 is 1.31 bits per heavy atom. The van der Waals surface area contributed by atoms with Crippen molar-refractivity contribution in [2.45, 2.75) is 57.6 Å². The van der Waals surface area contributed by atoms with Gasteiger partial charge in [0.2, 0.25) is 0 Å². The molecule has 0 N–H and O–H groups in total. The van der Waals surface area contributed by atoms with Crippen LogP contribution in [0.2, 0.25) is 5.02 Å². The van der Waals surface area contributed by atoms with Gasteiger partial charge in [0.25, 0.3) is 0 Å². The van der Waals surface area contributed by atoms with Gasteiger partial charge in [-0.25, -0.2) is 4.79 Å². The molecule has 3 rings (SSSR count). The fraction of sp³-hybridized carbons (Fsp3) is 0.424. The Kier molecular flexibility index (Phi) is 12.7. The Balaban J connectivity index is 1.21. The zero-order valence-electron chi connectivity index (χ0n) is 23.6. The number of quaternary nitrogens is 1. The monoisotopic (exact) mass is 552 g/mol. The molecule has 0 aliphatic heterocycles. The van der Waals surface area contributed by atoms with Gasteiger partial charge in [0, 0.05) is 11.4 Å². The highest BCUT2D eigenvalue weighted by Crippen LogP contribution is 2.20. The summed E-state index contributed by atoms with van der Waals surface area (Å²) in [5.74, 6) is 1.55. The molecule has 0 bridgehead atoms. The van der Waals surface area contributed by atoms with Crippen molar-refractivity contribution in [1.82, 2.24) is 0 Å². The summed E-state index contributed by atoms with van der Waals surface area (Å²) in [6.45, 7) is 1.68. The van der Waals surface area contributed by atoms with Crippen LogP contribution in [0.3, 0.4) is 0 Å². The quantitative estimate of drug-likeness (QED) is 0.0988. The van der Waals surface area contributed by atoms with Crippen LogP contribution in [-0.2, 0) is 22.6 Å². The topological polar surface area (TPSA) is 44.8 Å². The molecule has 0 saturated carbocycles. The maximum Gasteiger partial charge on any atom is 0.365 e. The van der Waals surface area contributed by atoms with Crippen molar-refractivity contribution in [3.05, 3.63) is 95.0 Å². The van der Waals surface area contributed by atoms with Crippen LogP contribution in [-0.4, -0.2) is 50.9 Å². The molecule has 6 heteroatoms. The molecule has 0 heterocycles. The second-order valence-corrected chi connectivity index (χ2v) is 11.3. The summed E-state index contributed by atoms with van der Waals surface area (Å²) < 4.78 is 17.9. The van der Waals surface area contributed by atoms with Crippen LogP contribution >= 0.6 is 11.6 Å². The van der Waals surface area contributed by atoms with E-state index in [-0.39, 0.29) is 12.0 Å². The Bertz CT molecular complexity index is 1110. The molecule has 0 aliphatic rings. The number of carbonyl (C=O) groups excluding carboxylic acids is 1. The molecule has 3 aromatic rings. The average Bonchev–Trinajstić information content (AvgIpc) is 2.92. The lowest BCUT2D eigenvalue weighted by molar-refractivity contribution is -0.887. The van der Waals surface area contributed by atoms with E-state index >= 15 is 0 Å². The highest BCUT2D eigenvalue weighted by Gasteiger charge is 2.33. The molecule has 210 valence electrons. The van der Waals surface area contributed by atoms with E-state index in [1.807, 2.05) is 87.9 Å². The summed E-state index contributed by atoms with van der Waals surface area (Å²) in [6.07, 6.45) is 7.10. The van der Waals surface area contributed by atoms with E-state index in [1.165, 1.54) is 0 Å². The third kappa shape index (κ3) is 11.7. The maximum atomic E-state index is 12.8. The molecule has 39 heavy (non-hydrogen) atoms. The van der Waals surface area contributed by atoms with Crippen molar-refractivity contribution in [2.24, 2.45) is 0 Å². The number of likely N-dealkylation sites (N-methyl/N-ethyl adjacent to an activating group) is 1. The minimum absolute atomic E-state index is 0.107. The van der Waals surface area contributed by atoms with Gasteiger partial charge in [0.1, 0.15) is 18.1 Å². The van der Waals surface area contributed by atoms with Crippen LogP contribution < -0.4 is 9.47 Å². The number of nitrogens with zero attached hydrogens (tertiary/aromatic N) is 1. The first-order valence-corrected chi connectivity index (χ1v) is 14.3. The molecule has 0 aromatic heterocycles. The van der Waals surface area contributed by atoms with Crippen molar-refractivity contribution >= 4 is 17.6 Å². The van der Waals surface area contributed by atoms with E-state index in [4.69, 9.17) is 25.8 Å². The first-order chi connectivity index (χ1) is 18.8. The number of ether oxygens (including phenoxy) is 3. The minimum Gasteiger partial charge on any atom is -0.494 e. The summed E-state index contributed by atoms with van der Waals surface area (Å²) in [6, 6.07) is 25.4. The Labute approximate surface area is 239 Å². The minimum atomic E-state index is -0.204. The van der Waals surface area contributed by atoms with Gasteiger partial charge in [-0.05, 0) is 60.4 Å². The fourth-order valence-electron chi connectivity index (χ4n) is 4.31. The number of unbranched alkanes of at least 4 members (excludes halogenated alkanes) is 5. The average molecular weight is 553 g/mol. The smallest absolute Gasteiger partial charge is 0.365 e. The standard InChI is InChI=1S/C33H43ClNO4/c1-35(2,3)32(25-27-14-9-8-10-15-27)33(36)38-23-12-7-5-4-6-11-22-37-30-18-20-31(21-19-30)39-26-28-16-13-17-29(34)24-28/h8-10,13-21,24,32H,4-7,11-12,22-23,25-26H2,1-3H3/q+1. The second-order valence-electron chi connectivity index (χ2n) is 10.8. The van der Waals surface area contributed by atoms with Crippen LogP contribution in [0.15, 0.2) is 78.9 Å². The summed E-state index contributed by atoms with van der Waals surface area (Å²) in [5.41, 5.74) is 2.20. The van der Waals surface area contributed by atoms with Crippen LogP contribution in [0.5, 0.6) is 11.5 Å². The van der Waals surface area contributed by atoms with Crippen molar-refractivity contribution in [3.8, 4) is 11.5 Å². The molecular weight excluding hydrogens is 510 g/mol. The molecule has 0 spiro atoms. The number of esters is 1. The molecule has 0 aliphatic carbocycles. The van der Waals surface area contributed by atoms with Crippen molar-refractivity contribution < 1.29 is 23.5 Å². The van der Waals surface area contributed by atoms with Gasteiger partial charge in [-0.2, -0.15) is 0 Å². The largest absolute Gasteiger partial charge is 0.494 e. The normalized spacial score (nSPS) is 12.1. The summed E-state index contributed by atoms with van der Waals surface area (Å²) in [5, 5.41) is 0.712. The highest BCUT2D eigenvalue weighted by molar-refractivity contribution is 6.30. The molecule has 0 saturated heterocycles. The lowest BCUT2D eigenvalue weighted by Crippen LogP contribution is -2.51. The Morgan fingerprint density at radius 1 is 0.718 bits per heavy atom. The third-order valence-corrected chi connectivity index (χ3v) is 6.88. The molecule has 3 aromatic carbocycles. The molecule has 0 fully saturated rings. The van der Waals surface area contributed by atoms with Crippen LogP contribution in [0.4, 0.5) is 0 Å². The van der Waals surface area contributed by atoms with E-state index in [2.05, 4.69) is 12.1 Å². The van der Waals surface area contributed by atoms with Crippen molar-refractivity contribution in [2.75, 3.05) is 34.4 Å². The zero-order chi connectivity index (χ0) is 27.9. The van der Waals surface area contributed by atoms with Gasteiger partial charge < -0.3 is 18.7 Å². The van der Waals surface area contributed by atoms with Crippen LogP contribution in [0.1, 0.15) is 49.7 Å². The second kappa shape index (κ2) is 16.2. The summed E-state index contributed by atoms with van der Waals surface area (Å²) in [4.78, 5) is 12.8.